The quantitative estimate of drug-likeness (QED) is 0.660. The maximum Gasteiger partial charge on any atom is 0.188 e. The number of nitrogens with one attached hydrogen (secondary N) is 1. The van der Waals surface area contributed by atoms with E-state index in [0.717, 1.165) is 43.1 Å². The zero-order valence-corrected chi connectivity index (χ0v) is 17.1. The topological polar surface area (TPSA) is 59.5 Å². The van der Waals surface area contributed by atoms with Crippen molar-refractivity contribution in [2.45, 2.75) is 13.0 Å². The van der Waals surface area contributed by atoms with Crippen LogP contribution in [0, 0.1) is 5.82 Å². The van der Waals surface area contributed by atoms with Crippen molar-refractivity contribution in [3.05, 3.63) is 66.4 Å². The van der Waals surface area contributed by atoms with E-state index in [1.54, 1.807) is 19.4 Å². The molecule has 1 saturated heterocycles. The Morgan fingerprint density at radius 2 is 1.87 bits per heavy atom. The summed E-state index contributed by atoms with van der Waals surface area (Å²) < 4.78 is 26.0. The number of piperazine rings is 1. The number of hydrogen-bond donors (Lipinski definition) is 1. The van der Waals surface area contributed by atoms with E-state index in [4.69, 9.17) is 9.47 Å². The van der Waals surface area contributed by atoms with Gasteiger partial charge in [-0.05, 0) is 36.2 Å². The molecule has 1 unspecified atom stereocenters. The lowest BCUT2D eigenvalue weighted by atomic mass is 9.96. The van der Waals surface area contributed by atoms with Gasteiger partial charge in [0, 0.05) is 38.9 Å². The molecule has 2 heterocycles. The molecular weight excluding hydrogens is 383 g/mol. The van der Waals surface area contributed by atoms with Crippen LogP contribution < -0.4 is 15.0 Å². The van der Waals surface area contributed by atoms with Gasteiger partial charge in [0.2, 0.25) is 0 Å². The fourth-order valence-corrected chi connectivity index (χ4v) is 3.64. The molecule has 0 radical (unpaired) electrons. The number of halogens is 1. The summed E-state index contributed by atoms with van der Waals surface area (Å²) in [4.78, 5) is 10.8. The van der Waals surface area contributed by atoms with E-state index >= 15 is 0 Å². The first-order valence-corrected chi connectivity index (χ1v) is 10.0. The van der Waals surface area contributed by atoms with Gasteiger partial charge in [0.1, 0.15) is 17.9 Å². The van der Waals surface area contributed by atoms with Crippen molar-refractivity contribution in [3.8, 4) is 22.6 Å². The van der Waals surface area contributed by atoms with E-state index < -0.39 is 0 Å². The molecule has 0 aliphatic carbocycles. The monoisotopic (exact) mass is 408 g/mol. The lowest BCUT2D eigenvalue weighted by molar-refractivity contribution is 0.120. The normalized spacial score (nSPS) is 15.1. The second-order valence-electron chi connectivity index (χ2n) is 7.16. The number of ether oxygens (including phenoxy) is 2. The first kappa shape index (κ1) is 20.3. The zero-order chi connectivity index (χ0) is 20.9. The van der Waals surface area contributed by atoms with E-state index in [-0.39, 0.29) is 11.9 Å². The van der Waals surface area contributed by atoms with Crippen LogP contribution in [-0.4, -0.2) is 43.3 Å². The summed E-state index contributed by atoms with van der Waals surface area (Å²) in [6.07, 6.45) is 3.03. The number of hydrogen-bond acceptors (Lipinski definition) is 6. The highest BCUT2D eigenvalue weighted by Crippen LogP contribution is 2.39. The van der Waals surface area contributed by atoms with Crippen LogP contribution in [0.1, 0.15) is 18.6 Å². The Morgan fingerprint density at radius 3 is 2.67 bits per heavy atom. The van der Waals surface area contributed by atoms with Crippen LogP contribution in [0.5, 0.6) is 11.5 Å². The molecule has 2 aromatic carbocycles. The minimum atomic E-state index is -0.330. The van der Waals surface area contributed by atoms with E-state index in [9.17, 15) is 4.39 Å². The minimum Gasteiger partial charge on any atom is -0.451 e. The summed E-state index contributed by atoms with van der Waals surface area (Å²) in [5, 5.41) is 3.33. The molecule has 0 spiro atoms. The first-order valence-electron chi connectivity index (χ1n) is 10.0. The molecule has 0 amide bonds. The van der Waals surface area contributed by atoms with E-state index in [1.165, 1.54) is 18.5 Å². The number of benzene rings is 2. The summed E-state index contributed by atoms with van der Waals surface area (Å²) in [5.74, 6) is 1.49. The predicted octanol–water partition coefficient (Wildman–Crippen LogP) is 4.19. The Balaban J connectivity index is 1.75. The summed E-state index contributed by atoms with van der Waals surface area (Å²) in [5.41, 5.74) is 2.48. The van der Waals surface area contributed by atoms with Crippen LogP contribution in [-0.2, 0) is 4.74 Å². The molecule has 1 fully saturated rings. The number of methoxy groups -OCH3 is 1. The lowest BCUT2D eigenvalue weighted by Crippen LogP contribution is -2.44. The fourth-order valence-electron chi connectivity index (χ4n) is 3.64. The smallest absolute Gasteiger partial charge is 0.188 e. The van der Waals surface area contributed by atoms with Crippen LogP contribution in [0.3, 0.4) is 0 Å². The molecule has 1 aliphatic rings. The zero-order valence-electron chi connectivity index (χ0n) is 17.1. The maximum absolute atomic E-state index is 14.2. The summed E-state index contributed by atoms with van der Waals surface area (Å²) in [6, 6.07) is 12.3. The Hall–Kier alpha value is -3.03. The van der Waals surface area contributed by atoms with Gasteiger partial charge in [0.05, 0.1) is 12.3 Å². The molecule has 3 aromatic rings. The van der Waals surface area contributed by atoms with Crippen LogP contribution in [0.15, 0.2) is 55.0 Å². The third-order valence-corrected chi connectivity index (χ3v) is 5.28. The Morgan fingerprint density at radius 1 is 1.07 bits per heavy atom. The highest BCUT2D eigenvalue weighted by Gasteiger charge is 2.20. The molecule has 1 atom stereocenters. The highest BCUT2D eigenvalue weighted by atomic mass is 19.1. The fraction of sp³-hybridized carbons (Fsp3) is 0.304. The standard InChI is InChI=1S/C23H25FN4O2/c1-16(29-2)18-5-3-4-6-19(18)20-13-17(24)7-8-21(20)30-22-14-26-15-27-23(22)28-11-9-25-10-12-28/h3-8,13-16,25H,9-12H2,1-2H3. The van der Waals surface area contributed by atoms with Crippen molar-refractivity contribution in [1.29, 1.82) is 0 Å². The van der Waals surface area contributed by atoms with Crippen LogP contribution in [0.2, 0.25) is 0 Å². The first-order chi connectivity index (χ1) is 14.7. The Labute approximate surface area is 175 Å². The average molecular weight is 408 g/mol. The van der Waals surface area contributed by atoms with Gasteiger partial charge < -0.3 is 19.7 Å². The second kappa shape index (κ2) is 9.19. The summed E-state index contributed by atoms with van der Waals surface area (Å²) in [7, 11) is 1.66. The molecule has 6 nitrogen and oxygen atoms in total. The van der Waals surface area contributed by atoms with Crippen molar-refractivity contribution in [2.75, 3.05) is 38.2 Å². The van der Waals surface area contributed by atoms with Gasteiger partial charge in [0.25, 0.3) is 0 Å². The molecule has 1 N–H and O–H groups in total. The Kier molecular flexibility index (Phi) is 6.21. The van der Waals surface area contributed by atoms with Gasteiger partial charge >= 0.3 is 0 Å². The summed E-state index contributed by atoms with van der Waals surface area (Å²) in [6.45, 7) is 5.39. The van der Waals surface area contributed by atoms with Crippen LogP contribution in [0.4, 0.5) is 10.2 Å². The third-order valence-electron chi connectivity index (χ3n) is 5.28. The van der Waals surface area contributed by atoms with Crippen molar-refractivity contribution >= 4 is 5.82 Å². The van der Waals surface area contributed by atoms with Gasteiger partial charge in [-0.25, -0.2) is 14.4 Å². The molecule has 4 rings (SSSR count). The van der Waals surface area contributed by atoms with E-state index in [2.05, 4.69) is 20.2 Å². The van der Waals surface area contributed by atoms with Crippen molar-refractivity contribution in [1.82, 2.24) is 15.3 Å². The van der Waals surface area contributed by atoms with Crippen molar-refractivity contribution in [3.63, 3.8) is 0 Å². The Bertz CT molecular complexity index is 1010. The van der Waals surface area contributed by atoms with Gasteiger partial charge in [0.15, 0.2) is 11.6 Å². The van der Waals surface area contributed by atoms with E-state index in [1.807, 2.05) is 31.2 Å². The average Bonchev–Trinajstić information content (AvgIpc) is 2.80. The van der Waals surface area contributed by atoms with Gasteiger partial charge in [-0.1, -0.05) is 24.3 Å². The molecule has 1 aliphatic heterocycles. The number of anilines is 1. The largest absolute Gasteiger partial charge is 0.451 e. The summed E-state index contributed by atoms with van der Waals surface area (Å²) >= 11 is 0. The molecule has 0 bridgehead atoms. The molecule has 7 heteroatoms. The van der Waals surface area contributed by atoms with Crippen molar-refractivity contribution < 1.29 is 13.9 Å². The molecule has 1 aromatic heterocycles. The molecule has 0 saturated carbocycles. The van der Waals surface area contributed by atoms with Gasteiger partial charge in [-0.2, -0.15) is 0 Å². The molecule has 30 heavy (non-hydrogen) atoms. The van der Waals surface area contributed by atoms with Gasteiger partial charge in [-0.15, -0.1) is 0 Å². The van der Waals surface area contributed by atoms with Crippen LogP contribution >= 0.6 is 0 Å². The molecular formula is C23H25FN4O2. The third kappa shape index (κ3) is 4.27. The van der Waals surface area contributed by atoms with Gasteiger partial charge in [-0.3, -0.25) is 0 Å². The highest BCUT2D eigenvalue weighted by molar-refractivity contribution is 5.74. The SMILES string of the molecule is COC(C)c1ccccc1-c1cc(F)ccc1Oc1cncnc1N1CCNCC1. The number of nitrogens with zero attached hydrogens (tertiary/aromatic N) is 3. The van der Waals surface area contributed by atoms with Crippen molar-refractivity contribution in [2.24, 2.45) is 0 Å². The maximum atomic E-state index is 14.2. The number of aromatic nitrogens is 2. The second-order valence-corrected chi connectivity index (χ2v) is 7.16. The van der Waals surface area contributed by atoms with Crippen LogP contribution in [0.25, 0.3) is 11.1 Å². The minimum absolute atomic E-state index is 0.145. The molecule has 156 valence electrons. The van der Waals surface area contributed by atoms with E-state index in [0.29, 0.717) is 17.1 Å². The number of rotatable bonds is 6. The predicted molar refractivity (Wildman–Crippen MR) is 114 cm³/mol. The lowest BCUT2D eigenvalue weighted by Gasteiger charge is -2.29.